The van der Waals surface area contributed by atoms with Crippen molar-refractivity contribution in [1.29, 1.82) is 0 Å². The molecule has 3 rings (SSSR count). The lowest BCUT2D eigenvalue weighted by Gasteiger charge is -2.21. The summed E-state index contributed by atoms with van der Waals surface area (Å²) in [6.45, 7) is 4.50. The molecule has 7 heteroatoms. The minimum Gasteiger partial charge on any atom is -0.495 e. The molecule has 6 nitrogen and oxygen atoms in total. The van der Waals surface area contributed by atoms with Crippen LogP contribution in [-0.4, -0.2) is 28.0 Å². The van der Waals surface area contributed by atoms with Crippen molar-refractivity contribution in [3.8, 4) is 5.75 Å². The molecule has 1 N–H and O–H groups in total. The van der Waals surface area contributed by atoms with Crippen LogP contribution in [0.15, 0.2) is 47.4 Å². The molecule has 0 aliphatic carbocycles. The van der Waals surface area contributed by atoms with Crippen LogP contribution in [0, 0.1) is 6.92 Å². The molecule has 0 saturated carbocycles. The van der Waals surface area contributed by atoms with E-state index in [4.69, 9.17) is 4.74 Å². The number of nitrogens with one attached hydrogen (secondary N) is 1. The molecule has 0 bridgehead atoms. The summed E-state index contributed by atoms with van der Waals surface area (Å²) in [5.41, 5.74) is 2.54. The monoisotopic (exact) mass is 402 g/mol. The summed E-state index contributed by atoms with van der Waals surface area (Å²) in [5, 5.41) is 0. The van der Waals surface area contributed by atoms with Gasteiger partial charge in [0.2, 0.25) is 15.9 Å². The molecule has 0 spiro atoms. The van der Waals surface area contributed by atoms with Gasteiger partial charge in [0, 0.05) is 19.0 Å². The molecule has 1 fully saturated rings. The molecular formula is C21H26N2O4S. The number of aryl methyl sites for hydroxylation is 1. The van der Waals surface area contributed by atoms with Crippen molar-refractivity contribution < 1.29 is 17.9 Å². The smallest absolute Gasteiger partial charge is 0.241 e. The maximum Gasteiger partial charge on any atom is 0.241 e. The Hall–Kier alpha value is -2.38. The van der Waals surface area contributed by atoms with E-state index in [9.17, 15) is 13.2 Å². The minimum absolute atomic E-state index is 0.0214. The fourth-order valence-corrected chi connectivity index (χ4v) is 4.72. The molecule has 28 heavy (non-hydrogen) atoms. The first-order valence-electron chi connectivity index (χ1n) is 9.43. The Labute approximate surface area is 166 Å². The van der Waals surface area contributed by atoms with Crippen molar-refractivity contribution in [2.45, 2.75) is 44.0 Å². The maximum absolute atomic E-state index is 13.0. The molecule has 150 valence electrons. The zero-order valence-corrected chi connectivity index (χ0v) is 17.3. The van der Waals surface area contributed by atoms with Crippen LogP contribution in [0.3, 0.4) is 0 Å². The highest BCUT2D eigenvalue weighted by Gasteiger charge is 2.27. The van der Waals surface area contributed by atoms with E-state index in [1.54, 1.807) is 11.0 Å². The lowest BCUT2D eigenvalue weighted by Crippen LogP contribution is -2.29. The third-order valence-electron chi connectivity index (χ3n) is 5.01. The first-order valence-corrected chi connectivity index (χ1v) is 10.9. The standard InChI is InChI=1S/C21H26N2O4S/c1-4-18(16-9-7-15(2)8-10-16)22-28(25,26)17-11-12-20(27-3)19(14-17)23-13-5-6-21(23)24/h7-12,14,18,22H,4-6,13H2,1-3H3/t18-/m1/s1. The largest absolute Gasteiger partial charge is 0.495 e. The van der Waals surface area contributed by atoms with Crippen molar-refractivity contribution in [3.05, 3.63) is 53.6 Å². The van der Waals surface area contributed by atoms with Crippen LogP contribution >= 0.6 is 0 Å². The summed E-state index contributed by atoms with van der Waals surface area (Å²) in [5.74, 6) is 0.465. The predicted octanol–water partition coefficient (Wildman–Crippen LogP) is 3.56. The average Bonchev–Trinajstić information content (AvgIpc) is 3.12. The third-order valence-corrected chi connectivity index (χ3v) is 6.48. The molecule has 0 radical (unpaired) electrons. The van der Waals surface area contributed by atoms with Gasteiger partial charge in [0.25, 0.3) is 0 Å². The molecule has 2 aromatic carbocycles. The summed E-state index contributed by atoms with van der Waals surface area (Å²) in [6.07, 6.45) is 1.84. The van der Waals surface area contributed by atoms with Crippen LogP contribution in [-0.2, 0) is 14.8 Å². The van der Waals surface area contributed by atoms with E-state index in [-0.39, 0.29) is 16.8 Å². The number of rotatable bonds is 7. The number of hydrogen-bond donors (Lipinski definition) is 1. The average molecular weight is 403 g/mol. The number of ether oxygens (including phenoxy) is 1. The van der Waals surface area contributed by atoms with Crippen molar-refractivity contribution in [1.82, 2.24) is 4.72 Å². The van der Waals surface area contributed by atoms with Crippen molar-refractivity contribution in [3.63, 3.8) is 0 Å². The number of carbonyl (C=O) groups is 1. The fourth-order valence-electron chi connectivity index (χ4n) is 3.39. The summed E-state index contributed by atoms with van der Waals surface area (Å²) in [7, 11) is -2.26. The van der Waals surface area contributed by atoms with Gasteiger partial charge in [-0.25, -0.2) is 13.1 Å². The van der Waals surface area contributed by atoms with Gasteiger partial charge in [-0.15, -0.1) is 0 Å². The Balaban J connectivity index is 1.92. The number of benzene rings is 2. The van der Waals surface area contributed by atoms with E-state index in [0.717, 1.165) is 17.5 Å². The van der Waals surface area contributed by atoms with Gasteiger partial charge in [-0.05, 0) is 43.5 Å². The second-order valence-corrected chi connectivity index (χ2v) is 8.69. The highest BCUT2D eigenvalue weighted by atomic mass is 32.2. The Bertz CT molecular complexity index is 955. The molecule has 1 aliphatic rings. The van der Waals surface area contributed by atoms with Gasteiger partial charge in [-0.3, -0.25) is 4.79 Å². The maximum atomic E-state index is 13.0. The zero-order chi connectivity index (χ0) is 20.3. The van der Waals surface area contributed by atoms with Crippen LogP contribution in [0.1, 0.15) is 43.4 Å². The number of carbonyl (C=O) groups excluding carboxylic acids is 1. The summed E-state index contributed by atoms with van der Waals surface area (Å²) in [4.78, 5) is 13.9. The van der Waals surface area contributed by atoms with E-state index in [2.05, 4.69) is 4.72 Å². The fraction of sp³-hybridized carbons (Fsp3) is 0.381. The molecule has 0 aromatic heterocycles. The molecule has 1 aliphatic heterocycles. The number of sulfonamides is 1. The number of nitrogens with zero attached hydrogens (tertiary/aromatic N) is 1. The number of hydrogen-bond acceptors (Lipinski definition) is 4. The van der Waals surface area contributed by atoms with E-state index in [1.165, 1.54) is 19.2 Å². The Morgan fingerprint density at radius 3 is 2.46 bits per heavy atom. The van der Waals surface area contributed by atoms with Crippen LogP contribution < -0.4 is 14.4 Å². The van der Waals surface area contributed by atoms with E-state index < -0.39 is 10.0 Å². The molecule has 1 amide bonds. The van der Waals surface area contributed by atoms with Gasteiger partial charge < -0.3 is 9.64 Å². The highest BCUT2D eigenvalue weighted by molar-refractivity contribution is 7.89. The van der Waals surface area contributed by atoms with Gasteiger partial charge in [-0.2, -0.15) is 0 Å². The Kier molecular flexibility index (Phi) is 6.05. The Morgan fingerprint density at radius 1 is 1.18 bits per heavy atom. The number of amides is 1. The molecule has 1 saturated heterocycles. The Morgan fingerprint density at radius 2 is 1.89 bits per heavy atom. The third kappa shape index (κ3) is 4.20. The van der Waals surface area contributed by atoms with Crippen LogP contribution in [0.2, 0.25) is 0 Å². The zero-order valence-electron chi connectivity index (χ0n) is 16.4. The normalized spacial score (nSPS) is 15.7. The van der Waals surface area contributed by atoms with Gasteiger partial charge in [0.1, 0.15) is 5.75 Å². The second-order valence-electron chi connectivity index (χ2n) is 6.98. The topological polar surface area (TPSA) is 75.7 Å². The predicted molar refractivity (Wildman–Crippen MR) is 109 cm³/mol. The summed E-state index contributed by atoms with van der Waals surface area (Å²) in [6, 6.07) is 12.1. The highest BCUT2D eigenvalue weighted by Crippen LogP contribution is 2.34. The minimum atomic E-state index is -3.77. The van der Waals surface area contributed by atoms with Gasteiger partial charge in [0.15, 0.2) is 0 Å². The molecular weight excluding hydrogens is 376 g/mol. The quantitative estimate of drug-likeness (QED) is 0.768. The van der Waals surface area contributed by atoms with E-state index in [1.807, 2.05) is 38.1 Å². The molecule has 2 aromatic rings. The molecule has 1 atom stereocenters. The lowest BCUT2D eigenvalue weighted by atomic mass is 10.0. The first kappa shape index (κ1) is 20.4. The molecule has 0 unspecified atom stereocenters. The van der Waals surface area contributed by atoms with Gasteiger partial charge >= 0.3 is 0 Å². The number of anilines is 1. The summed E-state index contributed by atoms with van der Waals surface area (Å²) < 4.78 is 34.2. The van der Waals surface area contributed by atoms with Crippen molar-refractivity contribution >= 4 is 21.6 Å². The van der Waals surface area contributed by atoms with E-state index >= 15 is 0 Å². The van der Waals surface area contributed by atoms with Gasteiger partial charge in [0.05, 0.1) is 17.7 Å². The van der Waals surface area contributed by atoms with E-state index in [0.29, 0.717) is 30.8 Å². The first-order chi connectivity index (χ1) is 13.4. The SMILES string of the molecule is CC[C@@H](NS(=O)(=O)c1ccc(OC)c(N2CCCC2=O)c1)c1ccc(C)cc1. The number of methoxy groups -OCH3 is 1. The van der Waals surface area contributed by atoms with Crippen molar-refractivity contribution in [2.24, 2.45) is 0 Å². The lowest BCUT2D eigenvalue weighted by molar-refractivity contribution is -0.117. The van der Waals surface area contributed by atoms with Gasteiger partial charge in [-0.1, -0.05) is 36.8 Å². The van der Waals surface area contributed by atoms with Crippen LogP contribution in [0.5, 0.6) is 5.75 Å². The second kappa shape index (κ2) is 8.32. The summed E-state index contributed by atoms with van der Waals surface area (Å²) >= 11 is 0. The van der Waals surface area contributed by atoms with Crippen LogP contribution in [0.25, 0.3) is 0 Å². The van der Waals surface area contributed by atoms with Crippen molar-refractivity contribution in [2.75, 3.05) is 18.6 Å². The molecule has 1 heterocycles. The van der Waals surface area contributed by atoms with Crippen LogP contribution in [0.4, 0.5) is 5.69 Å².